The van der Waals surface area contributed by atoms with Gasteiger partial charge in [-0.3, -0.25) is 23.4 Å². The van der Waals surface area contributed by atoms with Crippen molar-refractivity contribution in [2.45, 2.75) is 389 Å². The van der Waals surface area contributed by atoms with E-state index in [1.807, 2.05) is 0 Å². The molecule has 0 bridgehead atoms. The number of aliphatic hydroxyl groups excluding tert-OH is 10. The molecule has 0 aromatic heterocycles. The average molecular weight is 1400 g/mol. The van der Waals surface area contributed by atoms with Crippen molar-refractivity contribution in [3.63, 3.8) is 0 Å². The highest BCUT2D eigenvalue weighted by molar-refractivity contribution is 7.47. The molecule has 3 aliphatic rings. The summed E-state index contributed by atoms with van der Waals surface area (Å²) in [6.07, 6.45) is 8.71. The minimum absolute atomic E-state index is 0.0271. The van der Waals surface area contributed by atoms with Crippen LogP contribution in [0.2, 0.25) is 0 Å². The highest BCUT2D eigenvalue weighted by Crippen LogP contribution is 2.49. The summed E-state index contributed by atoms with van der Waals surface area (Å²) in [7, 11) is -5.69. The summed E-state index contributed by atoms with van der Waals surface area (Å²) in [6.45, 7) is 5.73. The molecule has 19 atom stereocenters. The molecule has 19 unspecified atom stereocenters. The number of carbonyl (C=O) groups excluding carboxylic acids is 3. The molecule has 1 aliphatic carbocycles. The van der Waals surface area contributed by atoms with Crippen molar-refractivity contribution in [3.8, 4) is 0 Å². The van der Waals surface area contributed by atoms with Crippen molar-refractivity contribution in [3.05, 3.63) is 12.2 Å². The Labute approximate surface area is 573 Å². The fourth-order valence-electron chi connectivity index (χ4n) is 12.5. The van der Waals surface area contributed by atoms with E-state index >= 15 is 0 Å². The van der Waals surface area contributed by atoms with E-state index in [9.17, 15) is 74.9 Å². The maximum atomic E-state index is 14.3. The summed E-state index contributed by atoms with van der Waals surface area (Å²) in [4.78, 5) is 50.9. The van der Waals surface area contributed by atoms with Gasteiger partial charge in [0.05, 0.1) is 13.2 Å². The van der Waals surface area contributed by atoms with E-state index in [4.69, 9.17) is 42.2 Å². The van der Waals surface area contributed by atoms with Gasteiger partial charge in [0.1, 0.15) is 98.7 Å². The van der Waals surface area contributed by atoms with Crippen LogP contribution in [0.4, 0.5) is 0 Å². The Morgan fingerprint density at radius 1 is 0.427 bits per heavy atom. The molecular weight excluding hydrogens is 1270 g/mol. The third-order valence-corrected chi connectivity index (χ3v) is 19.7. The van der Waals surface area contributed by atoms with Crippen molar-refractivity contribution in [1.29, 1.82) is 0 Å². The minimum atomic E-state index is -5.69. The number of phosphoric acid groups is 1. The Hall–Kier alpha value is -2.30. The summed E-state index contributed by atoms with van der Waals surface area (Å²) >= 11 is 0. The quantitative estimate of drug-likeness (QED) is 0.00886. The van der Waals surface area contributed by atoms with Gasteiger partial charge in [-0.05, 0) is 50.9 Å². The number of esters is 3. The van der Waals surface area contributed by atoms with E-state index in [1.54, 1.807) is 0 Å². The first-order valence-electron chi connectivity index (χ1n) is 37.4. The lowest BCUT2D eigenvalue weighted by Crippen LogP contribution is -2.69. The lowest BCUT2D eigenvalue weighted by Gasteiger charge is -2.49. The molecule has 3 rings (SSSR count). The Morgan fingerprint density at radius 3 is 1.24 bits per heavy atom. The molecule has 11 N–H and O–H groups in total. The van der Waals surface area contributed by atoms with Crippen molar-refractivity contribution in [1.82, 2.24) is 0 Å². The number of hydrogen-bond donors (Lipinski definition) is 11. The van der Waals surface area contributed by atoms with E-state index in [2.05, 4.69) is 39.8 Å². The van der Waals surface area contributed by atoms with Gasteiger partial charge < -0.3 is 89.1 Å². The Bertz CT molecular complexity index is 2060. The molecular formula is C71H131O24P. The molecule has 564 valence electrons. The first-order valence-corrected chi connectivity index (χ1v) is 38.9. The van der Waals surface area contributed by atoms with Gasteiger partial charge in [0.25, 0.3) is 0 Å². The summed E-state index contributed by atoms with van der Waals surface area (Å²) in [6, 6.07) is 0. The molecule has 96 heavy (non-hydrogen) atoms. The molecule has 0 aromatic carbocycles. The molecule has 0 spiro atoms. The fourth-order valence-corrected chi connectivity index (χ4v) is 13.4. The van der Waals surface area contributed by atoms with Gasteiger partial charge in [0, 0.05) is 19.3 Å². The van der Waals surface area contributed by atoms with Crippen LogP contribution in [0.5, 0.6) is 0 Å². The number of phosphoric ester groups is 1. The summed E-state index contributed by atoms with van der Waals surface area (Å²) in [5.41, 5.74) is 0. The van der Waals surface area contributed by atoms with Gasteiger partial charge in [0.2, 0.25) is 0 Å². The molecule has 25 heteroatoms. The van der Waals surface area contributed by atoms with Crippen LogP contribution in [0.1, 0.15) is 285 Å². The molecule has 0 radical (unpaired) electrons. The van der Waals surface area contributed by atoms with Gasteiger partial charge in [-0.1, -0.05) is 232 Å². The van der Waals surface area contributed by atoms with E-state index in [-0.39, 0.29) is 19.3 Å². The monoisotopic (exact) mass is 1400 g/mol. The smallest absolute Gasteiger partial charge is 0.463 e. The van der Waals surface area contributed by atoms with Crippen molar-refractivity contribution in [2.24, 2.45) is 5.92 Å². The van der Waals surface area contributed by atoms with Gasteiger partial charge in [-0.2, -0.15) is 0 Å². The predicted octanol–water partition coefficient (Wildman–Crippen LogP) is 9.82. The SMILES string of the molecule is CCCCCCCC/C=C\CCCCCC(=O)OCC(COP(=O)(O)OC1C(OC2OC(CO)C(O)C(O)C2O)C(O)C(O)C(O)C1OC1OC(COC(=O)CCCCCCCCC(C)CCCCCCCC)C(O)C(O)C1O)OC(=O)CCCCCCCCCCCCCC. The standard InChI is InChI=1S/C71H131O24P/c1-5-8-11-14-17-19-21-23-25-26-28-34-39-44-55(73)87-48-52(90-57(75)46-41-36-29-27-24-22-20-18-15-12-9-6-2)49-89-96(85,86)95-69-67(93-70-65(83)60(78)58(76)53(47-72)91-70)63(81)62(80)64(82)68(69)94-71-66(84)61(79)59(77)54(92-71)50-88-56(74)45-40-35-31-30-33-38-43-51(4)42-37-32-16-13-10-7-3/h23,25,51-54,58-72,76-84H,5-22,24,26-50H2,1-4H3,(H,85,86)/b25-23-. The van der Waals surface area contributed by atoms with Crippen molar-refractivity contribution < 1.29 is 117 Å². The van der Waals surface area contributed by atoms with Crippen LogP contribution in [-0.2, 0) is 61.2 Å². The number of aliphatic hydroxyl groups is 10. The van der Waals surface area contributed by atoms with Crippen LogP contribution in [0.25, 0.3) is 0 Å². The van der Waals surface area contributed by atoms with Gasteiger partial charge in [-0.25, -0.2) is 4.57 Å². The first kappa shape index (κ1) is 87.9. The van der Waals surface area contributed by atoms with Crippen LogP contribution >= 0.6 is 7.82 Å². The number of hydrogen-bond acceptors (Lipinski definition) is 23. The van der Waals surface area contributed by atoms with Crippen LogP contribution in [-0.4, -0.2) is 204 Å². The first-order chi connectivity index (χ1) is 46.2. The molecule has 24 nitrogen and oxygen atoms in total. The molecule has 1 saturated carbocycles. The summed E-state index contributed by atoms with van der Waals surface area (Å²) in [5, 5.41) is 110. The Kier molecular flexibility index (Phi) is 48.2. The second-order valence-electron chi connectivity index (χ2n) is 27.3. The normalized spacial score (nSPS) is 28.3. The molecule has 0 amide bonds. The van der Waals surface area contributed by atoms with Gasteiger partial charge in [-0.15, -0.1) is 0 Å². The van der Waals surface area contributed by atoms with Crippen LogP contribution in [0.15, 0.2) is 12.2 Å². The lowest BCUT2D eigenvalue weighted by molar-refractivity contribution is -0.360. The van der Waals surface area contributed by atoms with Crippen molar-refractivity contribution >= 4 is 25.7 Å². The largest absolute Gasteiger partial charge is 0.472 e. The summed E-state index contributed by atoms with van der Waals surface area (Å²) < 4.78 is 65.0. The lowest BCUT2D eigenvalue weighted by atomic mass is 9.84. The third-order valence-electron chi connectivity index (χ3n) is 18.7. The predicted molar refractivity (Wildman–Crippen MR) is 361 cm³/mol. The molecule has 3 fully saturated rings. The van der Waals surface area contributed by atoms with Crippen LogP contribution < -0.4 is 0 Å². The van der Waals surface area contributed by atoms with E-state index in [0.29, 0.717) is 25.2 Å². The van der Waals surface area contributed by atoms with Crippen LogP contribution in [0, 0.1) is 5.92 Å². The van der Waals surface area contributed by atoms with Gasteiger partial charge >= 0.3 is 25.7 Å². The van der Waals surface area contributed by atoms with E-state index < -0.39 is 156 Å². The third kappa shape index (κ3) is 36.0. The molecule has 0 aromatic rings. The maximum absolute atomic E-state index is 14.3. The van der Waals surface area contributed by atoms with Crippen molar-refractivity contribution in [2.75, 3.05) is 26.4 Å². The van der Waals surface area contributed by atoms with E-state index in [1.165, 1.54) is 122 Å². The number of rotatable bonds is 57. The van der Waals surface area contributed by atoms with E-state index in [0.717, 1.165) is 96.3 Å². The number of ether oxygens (including phenoxy) is 7. The van der Waals surface area contributed by atoms with Gasteiger partial charge in [0.15, 0.2) is 18.7 Å². The zero-order valence-corrected chi connectivity index (χ0v) is 59.7. The molecule has 2 saturated heterocycles. The highest BCUT2D eigenvalue weighted by Gasteiger charge is 2.58. The van der Waals surface area contributed by atoms with Crippen LogP contribution in [0.3, 0.4) is 0 Å². The Morgan fingerprint density at radius 2 is 0.792 bits per heavy atom. The number of carbonyl (C=O) groups is 3. The second-order valence-corrected chi connectivity index (χ2v) is 28.7. The average Bonchev–Trinajstić information content (AvgIpc) is 0.775. The zero-order valence-electron chi connectivity index (χ0n) is 58.8. The zero-order chi connectivity index (χ0) is 70.5. The fraction of sp³-hybridized carbons (Fsp3) is 0.930. The second kappa shape index (κ2) is 52.6. The molecule has 2 aliphatic heterocycles. The topological polar surface area (TPSA) is 374 Å². The number of unbranched alkanes of at least 4 members (excludes halogenated alkanes) is 30. The maximum Gasteiger partial charge on any atom is 0.472 e. The summed E-state index contributed by atoms with van der Waals surface area (Å²) in [5.74, 6) is -1.31. The number of allylic oxidation sites excluding steroid dienone is 2. The molecule has 2 heterocycles. The Balaban J connectivity index is 1.74. The highest BCUT2D eigenvalue weighted by atomic mass is 31.2. The minimum Gasteiger partial charge on any atom is -0.463 e.